The molecule has 0 radical (unpaired) electrons. The van der Waals surface area contributed by atoms with Gasteiger partial charge in [0, 0.05) is 13.7 Å². The Kier molecular flexibility index (Phi) is 5.46. The van der Waals surface area contributed by atoms with Gasteiger partial charge in [-0.3, -0.25) is 0 Å². The molecule has 0 aromatic heterocycles. The molecule has 1 nitrogen and oxygen atoms in total. The predicted molar refractivity (Wildman–Crippen MR) is 31.3 cm³/mol. The van der Waals surface area contributed by atoms with Crippen LogP contribution in [0.1, 0.15) is 13.3 Å². The van der Waals surface area contributed by atoms with Gasteiger partial charge in [-0.1, -0.05) is 12.2 Å². The van der Waals surface area contributed by atoms with Crippen LogP contribution in [0.4, 0.5) is 0 Å². The minimum Gasteiger partial charge on any atom is -0.384 e. The van der Waals surface area contributed by atoms with Crippen molar-refractivity contribution in [3.05, 3.63) is 12.2 Å². The summed E-state index contributed by atoms with van der Waals surface area (Å²) in [4.78, 5) is 0. The summed E-state index contributed by atoms with van der Waals surface area (Å²) < 4.78 is 4.79. The number of hydrogen-bond donors (Lipinski definition) is 0. The molecule has 0 atom stereocenters. The van der Waals surface area contributed by atoms with E-state index in [0.717, 1.165) is 13.0 Å². The van der Waals surface area contributed by atoms with Gasteiger partial charge in [-0.2, -0.15) is 0 Å². The smallest absolute Gasteiger partial charge is 0.0496 e. The van der Waals surface area contributed by atoms with Gasteiger partial charge in [-0.05, 0) is 13.3 Å². The molecule has 0 amide bonds. The molecule has 0 saturated heterocycles. The van der Waals surface area contributed by atoms with Crippen molar-refractivity contribution in [2.45, 2.75) is 13.3 Å². The van der Waals surface area contributed by atoms with Crippen LogP contribution in [0.5, 0.6) is 0 Å². The number of hydrogen-bond acceptors (Lipinski definition) is 1. The zero-order chi connectivity index (χ0) is 5.54. The maximum Gasteiger partial charge on any atom is 0.0496 e. The predicted octanol–water partition coefficient (Wildman–Crippen LogP) is 1.60. The first-order valence-electron chi connectivity index (χ1n) is 2.52. The van der Waals surface area contributed by atoms with Gasteiger partial charge in [0.25, 0.3) is 0 Å². The number of ether oxygens (including phenoxy) is 1. The second-order valence-corrected chi connectivity index (χ2v) is 1.35. The molecule has 0 saturated carbocycles. The normalized spacial score (nSPS) is 10.6. The summed E-state index contributed by atoms with van der Waals surface area (Å²) >= 11 is 0. The number of methoxy groups -OCH3 is 1. The van der Waals surface area contributed by atoms with Crippen molar-refractivity contribution in [3.8, 4) is 0 Å². The van der Waals surface area contributed by atoms with E-state index in [9.17, 15) is 0 Å². The molecule has 0 aromatic rings. The van der Waals surface area contributed by atoms with Crippen molar-refractivity contribution in [1.29, 1.82) is 0 Å². The Morgan fingerprint density at radius 3 is 2.71 bits per heavy atom. The highest BCUT2D eigenvalue weighted by Gasteiger charge is 1.71. The van der Waals surface area contributed by atoms with Crippen LogP contribution in [0.15, 0.2) is 12.2 Å². The Morgan fingerprint density at radius 2 is 2.29 bits per heavy atom. The first-order chi connectivity index (χ1) is 3.41. The van der Waals surface area contributed by atoms with E-state index in [2.05, 4.69) is 6.08 Å². The molecule has 0 aromatic carbocycles. The highest BCUT2D eigenvalue weighted by Crippen LogP contribution is 1.80. The summed E-state index contributed by atoms with van der Waals surface area (Å²) in [5.74, 6) is 0. The lowest BCUT2D eigenvalue weighted by molar-refractivity contribution is 0.204. The van der Waals surface area contributed by atoms with Crippen LogP contribution in [0.25, 0.3) is 0 Å². The third-order valence-electron chi connectivity index (χ3n) is 0.724. The van der Waals surface area contributed by atoms with E-state index in [-0.39, 0.29) is 0 Å². The molecular weight excluding hydrogens is 88.1 g/mol. The zero-order valence-corrected chi connectivity index (χ0v) is 4.98. The topological polar surface area (TPSA) is 9.23 Å². The molecule has 0 N–H and O–H groups in total. The lowest BCUT2D eigenvalue weighted by Gasteiger charge is -1.87. The summed E-state index contributed by atoms with van der Waals surface area (Å²) in [5.41, 5.74) is 0. The van der Waals surface area contributed by atoms with E-state index in [4.69, 9.17) is 4.74 Å². The van der Waals surface area contributed by atoms with Crippen molar-refractivity contribution >= 4 is 0 Å². The monoisotopic (exact) mass is 100 g/mol. The highest BCUT2D eigenvalue weighted by atomic mass is 16.5. The molecule has 0 spiro atoms. The summed E-state index contributed by atoms with van der Waals surface area (Å²) in [6, 6.07) is 0. The average molecular weight is 100 g/mol. The standard InChI is InChI=1S/C6H12O/c1-3-4-5-6-7-2/h3-4H,5-6H2,1-2H3/b4-3-. The van der Waals surface area contributed by atoms with E-state index in [0.29, 0.717) is 0 Å². The van der Waals surface area contributed by atoms with E-state index in [1.807, 2.05) is 13.0 Å². The Balaban J connectivity index is 2.69. The van der Waals surface area contributed by atoms with E-state index < -0.39 is 0 Å². The van der Waals surface area contributed by atoms with Gasteiger partial charge < -0.3 is 4.74 Å². The fourth-order valence-electron chi connectivity index (χ4n) is 0.353. The Bertz CT molecular complexity index is 48.1. The quantitative estimate of drug-likeness (QED) is 0.386. The van der Waals surface area contributed by atoms with Crippen LogP contribution in [0.3, 0.4) is 0 Å². The van der Waals surface area contributed by atoms with Gasteiger partial charge in [0.1, 0.15) is 0 Å². The molecule has 0 rings (SSSR count). The second kappa shape index (κ2) is 5.70. The van der Waals surface area contributed by atoms with Crippen LogP contribution in [0, 0.1) is 0 Å². The van der Waals surface area contributed by atoms with Gasteiger partial charge >= 0.3 is 0 Å². The van der Waals surface area contributed by atoms with E-state index in [1.54, 1.807) is 7.11 Å². The Labute approximate surface area is 45.0 Å². The average Bonchev–Trinajstić information content (AvgIpc) is 1.69. The third-order valence-corrected chi connectivity index (χ3v) is 0.724. The van der Waals surface area contributed by atoms with Crippen LogP contribution >= 0.6 is 0 Å². The Hall–Kier alpha value is -0.300. The van der Waals surface area contributed by atoms with Gasteiger partial charge in [0.15, 0.2) is 0 Å². The summed E-state index contributed by atoms with van der Waals surface area (Å²) in [6.45, 7) is 2.85. The largest absolute Gasteiger partial charge is 0.384 e. The van der Waals surface area contributed by atoms with Crippen LogP contribution in [-0.4, -0.2) is 13.7 Å². The van der Waals surface area contributed by atoms with Crippen molar-refractivity contribution < 1.29 is 4.74 Å². The second-order valence-electron chi connectivity index (χ2n) is 1.35. The maximum atomic E-state index is 4.79. The minimum absolute atomic E-state index is 0.838. The lowest BCUT2D eigenvalue weighted by Crippen LogP contribution is -1.82. The van der Waals surface area contributed by atoms with Crippen molar-refractivity contribution in [1.82, 2.24) is 0 Å². The van der Waals surface area contributed by atoms with Gasteiger partial charge in [-0.25, -0.2) is 0 Å². The lowest BCUT2D eigenvalue weighted by atomic mass is 10.4. The fraction of sp³-hybridized carbons (Fsp3) is 0.667. The molecule has 42 valence electrons. The van der Waals surface area contributed by atoms with Gasteiger partial charge in [-0.15, -0.1) is 0 Å². The first kappa shape index (κ1) is 6.70. The van der Waals surface area contributed by atoms with Gasteiger partial charge in [0.05, 0.1) is 0 Å². The summed E-state index contributed by atoms with van der Waals surface area (Å²) in [7, 11) is 1.71. The molecule has 0 aliphatic carbocycles. The molecule has 0 aliphatic rings. The SMILES string of the molecule is C/C=C\CCOC. The van der Waals surface area contributed by atoms with Crippen LogP contribution in [-0.2, 0) is 4.74 Å². The molecule has 0 fully saturated rings. The maximum absolute atomic E-state index is 4.79. The van der Waals surface area contributed by atoms with E-state index >= 15 is 0 Å². The van der Waals surface area contributed by atoms with Crippen LogP contribution < -0.4 is 0 Å². The summed E-state index contributed by atoms with van der Waals surface area (Å²) in [6.07, 6.45) is 5.15. The van der Waals surface area contributed by atoms with Crippen LogP contribution in [0.2, 0.25) is 0 Å². The van der Waals surface area contributed by atoms with Gasteiger partial charge in [0.2, 0.25) is 0 Å². The summed E-state index contributed by atoms with van der Waals surface area (Å²) in [5, 5.41) is 0. The molecule has 0 aliphatic heterocycles. The van der Waals surface area contributed by atoms with Crippen molar-refractivity contribution in [2.24, 2.45) is 0 Å². The highest BCUT2D eigenvalue weighted by molar-refractivity contribution is 4.75. The fourth-order valence-corrected chi connectivity index (χ4v) is 0.353. The van der Waals surface area contributed by atoms with Crippen molar-refractivity contribution in [3.63, 3.8) is 0 Å². The number of rotatable bonds is 3. The Morgan fingerprint density at radius 1 is 1.57 bits per heavy atom. The third kappa shape index (κ3) is 5.70. The molecule has 0 bridgehead atoms. The zero-order valence-electron chi connectivity index (χ0n) is 4.98. The molecule has 0 heterocycles. The van der Waals surface area contributed by atoms with E-state index in [1.165, 1.54) is 0 Å². The number of allylic oxidation sites excluding steroid dienone is 1. The van der Waals surface area contributed by atoms with Crippen molar-refractivity contribution in [2.75, 3.05) is 13.7 Å². The molecule has 0 unspecified atom stereocenters. The first-order valence-corrected chi connectivity index (χ1v) is 2.52. The molecule has 1 heteroatoms. The molecular formula is C6H12O. The molecule has 7 heavy (non-hydrogen) atoms. The minimum atomic E-state index is 0.838.